The molecule has 1 saturated heterocycles. The molecule has 6 heteroatoms. The Kier molecular flexibility index (Phi) is 7.19. The van der Waals surface area contributed by atoms with Gasteiger partial charge < -0.3 is 15.3 Å². The van der Waals surface area contributed by atoms with Crippen LogP contribution in [0.1, 0.15) is 55.5 Å². The molecule has 2 N–H and O–H groups in total. The van der Waals surface area contributed by atoms with Crippen LogP contribution in [0.4, 0.5) is 0 Å². The topological polar surface area (TPSA) is 72.9 Å². The highest BCUT2D eigenvalue weighted by Crippen LogP contribution is 2.37. The van der Waals surface area contributed by atoms with E-state index in [-0.39, 0.29) is 30.9 Å². The molecule has 1 aliphatic heterocycles. The minimum atomic E-state index is -0.567. The molecule has 4 rings (SSSR count). The third-order valence-corrected chi connectivity index (χ3v) is 6.71. The number of carbonyl (C=O) groups excluding carboxylic acids is 2. The molecule has 6 nitrogen and oxygen atoms in total. The zero-order valence-electron chi connectivity index (χ0n) is 20.3. The molecule has 1 unspecified atom stereocenters. The first-order valence-electron chi connectivity index (χ1n) is 12.1. The van der Waals surface area contributed by atoms with Gasteiger partial charge in [-0.15, -0.1) is 0 Å². The molecular formula is C28H35N3O3. The predicted molar refractivity (Wildman–Crippen MR) is 135 cm³/mol. The highest BCUT2D eigenvalue weighted by molar-refractivity contribution is 5.83. The Morgan fingerprint density at radius 2 is 1.47 bits per heavy atom. The molecule has 0 aromatic heterocycles. The number of nitrogens with one attached hydrogen (secondary N) is 1. The molecule has 2 aromatic rings. The summed E-state index contributed by atoms with van der Waals surface area (Å²) in [6.45, 7) is 7.97. The number of amides is 2. The average Bonchev–Trinajstić information content (AvgIpc) is 3.00. The number of rotatable bonds is 5. The lowest BCUT2D eigenvalue weighted by molar-refractivity contribution is -0.135. The van der Waals surface area contributed by atoms with Crippen molar-refractivity contribution in [3.05, 3.63) is 70.8 Å². The summed E-state index contributed by atoms with van der Waals surface area (Å²) >= 11 is 0. The molecule has 0 spiro atoms. The Labute approximate surface area is 202 Å². The molecule has 34 heavy (non-hydrogen) atoms. The van der Waals surface area contributed by atoms with Crippen molar-refractivity contribution in [2.24, 2.45) is 5.41 Å². The lowest BCUT2D eigenvalue weighted by Gasteiger charge is -2.40. The van der Waals surface area contributed by atoms with E-state index >= 15 is 0 Å². The van der Waals surface area contributed by atoms with Crippen molar-refractivity contribution in [3.63, 3.8) is 0 Å². The van der Waals surface area contributed by atoms with Crippen LogP contribution in [0.25, 0.3) is 12.2 Å². The Balaban J connectivity index is 1.44. The van der Waals surface area contributed by atoms with E-state index in [2.05, 4.69) is 70.9 Å². The lowest BCUT2D eigenvalue weighted by Crippen LogP contribution is -2.52. The lowest BCUT2D eigenvalue weighted by atomic mass is 9.92. The number of nitrogens with zero attached hydrogens (tertiary/aromatic N) is 2. The van der Waals surface area contributed by atoms with E-state index in [4.69, 9.17) is 0 Å². The monoisotopic (exact) mass is 461 g/mol. The maximum Gasteiger partial charge on any atom is 0.225 e. The van der Waals surface area contributed by atoms with Crippen LogP contribution in [-0.2, 0) is 9.59 Å². The van der Waals surface area contributed by atoms with E-state index in [0.717, 1.165) is 13.1 Å². The largest absolute Gasteiger partial charge is 0.394 e. The van der Waals surface area contributed by atoms with E-state index in [1.807, 2.05) is 25.7 Å². The molecule has 2 aliphatic rings. The molecule has 1 fully saturated rings. The van der Waals surface area contributed by atoms with Crippen molar-refractivity contribution in [1.29, 1.82) is 0 Å². The van der Waals surface area contributed by atoms with Gasteiger partial charge in [0.25, 0.3) is 0 Å². The van der Waals surface area contributed by atoms with Gasteiger partial charge in [-0.05, 0) is 22.3 Å². The molecule has 0 saturated carbocycles. The van der Waals surface area contributed by atoms with Gasteiger partial charge in [0.2, 0.25) is 11.8 Å². The Hall–Kier alpha value is -2.96. The van der Waals surface area contributed by atoms with Crippen LogP contribution in [0.5, 0.6) is 0 Å². The molecule has 0 bridgehead atoms. The number of fused-ring (bicyclic) bond motifs is 2. The van der Waals surface area contributed by atoms with E-state index < -0.39 is 11.5 Å². The summed E-state index contributed by atoms with van der Waals surface area (Å²) in [7, 11) is 0. The van der Waals surface area contributed by atoms with E-state index in [9.17, 15) is 14.7 Å². The van der Waals surface area contributed by atoms with E-state index in [1.165, 1.54) is 22.3 Å². The first-order valence-corrected chi connectivity index (χ1v) is 12.1. The summed E-state index contributed by atoms with van der Waals surface area (Å²) in [5, 5.41) is 12.5. The zero-order valence-corrected chi connectivity index (χ0v) is 20.3. The number of aliphatic hydroxyl groups is 1. The van der Waals surface area contributed by atoms with Gasteiger partial charge >= 0.3 is 0 Å². The van der Waals surface area contributed by atoms with Gasteiger partial charge in [0.15, 0.2) is 0 Å². The fourth-order valence-corrected chi connectivity index (χ4v) is 4.70. The molecule has 1 atom stereocenters. The van der Waals surface area contributed by atoms with Crippen molar-refractivity contribution in [2.45, 2.75) is 39.3 Å². The van der Waals surface area contributed by atoms with Gasteiger partial charge in [-0.2, -0.15) is 0 Å². The average molecular weight is 462 g/mol. The second kappa shape index (κ2) is 10.1. The van der Waals surface area contributed by atoms with Gasteiger partial charge in [-0.3, -0.25) is 14.5 Å². The van der Waals surface area contributed by atoms with Crippen LogP contribution in [0.15, 0.2) is 48.5 Å². The van der Waals surface area contributed by atoms with Crippen molar-refractivity contribution in [3.8, 4) is 0 Å². The van der Waals surface area contributed by atoms with Crippen LogP contribution < -0.4 is 5.32 Å². The minimum absolute atomic E-state index is 0.0313. The highest BCUT2D eigenvalue weighted by atomic mass is 16.3. The van der Waals surface area contributed by atoms with E-state index in [0.29, 0.717) is 13.1 Å². The van der Waals surface area contributed by atoms with Gasteiger partial charge in [0.05, 0.1) is 18.7 Å². The first kappa shape index (κ1) is 24.2. The normalized spacial score (nSPS) is 17.5. The van der Waals surface area contributed by atoms with Crippen molar-refractivity contribution < 1.29 is 14.7 Å². The van der Waals surface area contributed by atoms with Crippen LogP contribution >= 0.6 is 0 Å². The van der Waals surface area contributed by atoms with Crippen molar-refractivity contribution in [2.75, 3.05) is 32.8 Å². The summed E-state index contributed by atoms with van der Waals surface area (Å²) in [5.41, 5.74) is 4.45. The number of hydrogen-bond acceptors (Lipinski definition) is 4. The molecule has 0 radical (unpaired) electrons. The Bertz CT molecular complexity index is 1020. The summed E-state index contributed by atoms with van der Waals surface area (Å²) in [6.07, 6.45) is 4.49. The number of piperazine rings is 1. The summed E-state index contributed by atoms with van der Waals surface area (Å²) in [4.78, 5) is 29.6. The maximum absolute atomic E-state index is 13.0. The van der Waals surface area contributed by atoms with Gasteiger partial charge in [0, 0.05) is 38.0 Å². The van der Waals surface area contributed by atoms with Crippen molar-refractivity contribution >= 4 is 24.0 Å². The zero-order chi connectivity index (χ0) is 24.3. The number of aliphatic hydroxyl groups excluding tert-OH is 1. The molecule has 1 heterocycles. The summed E-state index contributed by atoms with van der Waals surface area (Å²) in [5.74, 6) is -0.195. The molecule has 1 aliphatic carbocycles. The Morgan fingerprint density at radius 1 is 0.941 bits per heavy atom. The molecule has 2 amide bonds. The third kappa shape index (κ3) is 5.24. The van der Waals surface area contributed by atoms with Crippen molar-refractivity contribution in [1.82, 2.24) is 15.1 Å². The maximum atomic E-state index is 13.0. The summed E-state index contributed by atoms with van der Waals surface area (Å²) < 4.78 is 0. The van der Waals surface area contributed by atoms with E-state index in [1.54, 1.807) is 0 Å². The molecular weight excluding hydrogens is 426 g/mol. The SMILES string of the molecule is CC(C)(C)C(=O)NC(CO)CC(=O)N1CCN(C2c3ccccc3C=Cc3ccccc32)CC1. The standard InChI is InChI=1S/C28H35N3O3/c1-28(2,3)27(34)29-22(19-32)18-25(33)30-14-16-31(17-15-30)26-23-10-6-4-8-20(23)12-13-21-9-5-7-11-24(21)26/h4-13,22,26,32H,14-19H2,1-3H3,(H,29,34). The fraction of sp³-hybridized carbons (Fsp3) is 0.429. The predicted octanol–water partition coefficient (Wildman–Crippen LogP) is 3.32. The van der Waals surface area contributed by atoms with Crippen LogP contribution in [0.3, 0.4) is 0 Å². The Morgan fingerprint density at radius 3 is 1.97 bits per heavy atom. The third-order valence-electron chi connectivity index (χ3n) is 6.71. The fourth-order valence-electron chi connectivity index (χ4n) is 4.70. The van der Waals surface area contributed by atoms with Crippen LogP contribution in [0, 0.1) is 5.41 Å². The molecule has 180 valence electrons. The highest BCUT2D eigenvalue weighted by Gasteiger charge is 2.32. The number of carbonyl (C=O) groups is 2. The minimum Gasteiger partial charge on any atom is -0.394 e. The van der Waals surface area contributed by atoms with Crippen LogP contribution in [-0.4, -0.2) is 65.5 Å². The second-order valence-electron chi connectivity index (χ2n) is 10.2. The smallest absolute Gasteiger partial charge is 0.225 e. The molecule has 2 aromatic carbocycles. The van der Waals surface area contributed by atoms with Gasteiger partial charge in [-0.1, -0.05) is 81.5 Å². The summed E-state index contributed by atoms with van der Waals surface area (Å²) in [6, 6.07) is 16.6. The second-order valence-corrected chi connectivity index (χ2v) is 10.2. The number of hydrogen-bond donors (Lipinski definition) is 2. The first-order chi connectivity index (χ1) is 16.3. The van der Waals surface area contributed by atoms with Gasteiger partial charge in [0.1, 0.15) is 0 Å². The van der Waals surface area contributed by atoms with Gasteiger partial charge in [-0.25, -0.2) is 0 Å². The quantitative estimate of drug-likeness (QED) is 0.717. The van der Waals surface area contributed by atoms with Crippen LogP contribution in [0.2, 0.25) is 0 Å². The number of benzene rings is 2.